The molecule has 1 aliphatic carbocycles. The maximum absolute atomic E-state index is 13.4. The van der Waals surface area contributed by atoms with Crippen LogP contribution in [0.3, 0.4) is 0 Å². The molecule has 1 amide bonds. The number of aromatic nitrogens is 2. The number of hydrogen-bond acceptors (Lipinski definition) is 4. The summed E-state index contributed by atoms with van der Waals surface area (Å²) in [5.41, 5.74) is 1.65. The summed E-state index contributed by atoms with van der Waals surface area (Å²) >= 11 is 6.21. The highest BCUT2D eigenvalue weighted by molar-refractivity contribution is 6.30. The van der Waals surface area contributed by atoms with Crippen LogP contribution in [0.4, 0.5) is 5.69 Å². The van der Waals surface area contributed by atoms with Gasteiger partial charge in [-0.05, 0) is 42.7 Å². The van der Waals surface area contributed by atoms with Crippen molar-refractivity contribution in [2.75, 3.05) is 5.32 Å². The Balaban J connectivity index is 1.64. The van der Waals surface area contributed by atoms with Gasteiger partial charge in [-0.15, -0.1) is 0 Å². The minimum Gasteiger partial charge on any atom is -0.325 e. The number of rotatable bonds is 4. The van der Waals surface area contributed by atoms with Crippen molar-refractivity contribution in [3.8, 4) is 11.4 Å². The van der Waals surface area contributed by atoms with Crippen molar-refractivity contribution in [2.45, 2.75) is 37.5 Å². The van der Waals surface area contributed by atoms with Crippen LogP contribution in [0.25, 0.3) is 11.4 Å². The maximum atomic E-state index is 13.4. The molecule has 0 spiro atoms. The monoisotopic (exact) mass is 397 g/mol. The van der Waals surface area contributed by atoms with Gasteiger partial charge in [-0.25, -0.2) is 4.79 Å². The van der Waals surface area contributed by atoms with Gasteiger partial charge in [0.05, 0.1) is 5.41 Å². The molecule has 1 aromatic heterocycles. The third kappa shape index (κ3) is 3.60. The fourth-order valence-corrected chi connectivity index (χ4v) is 4.13. The summed E-state index contributed by atoms with van der Waals surface area (Å²) < 4.78 is 4.56. The van der Waals surface area contributed by atoms with E-state index >= 15 is 0 Å². The highest BCUT2D eigenvalue weighted by Gasteiger charge is 2.41. The van der Waals surface area contributed by atoms with E-state index in [0.29, 0.717) is 22.1 Å². The first-order valence-corrected chi connectivity index (χ1v) is 9.69. The van der Waals surface area contributed by atoms with E-state index in [4.69, 9.17) is 11.6 Å². The summed E-state index contributed by atoms with van der Waals surface area (Å²) in [5.74, 6) is -0.338. The Morgan fingerprint density at radius 2 is 1.89 bits per heavy atom. The molecule has 1 saturated carbocycles. The molecule has 1 fully saturated rings. The number of aromatic amines is 1. The topological polar surface area (TPSA) is 88.0 Å². The largest absolute Gasteiger partial charge is 0.439 e. The lowest BCUT2D eigenvalue weighted by Crippen LogP contribution is -2.42. The average molecular weight is 398 g/mol. The van der Waals surface area contributed by atoms with Gasteiger partial charge in [-0.1, -0.05) is 60.3 Å². The normalized spacial score (nSPS) is 15.9. The predicted octanol–water partition coefficient (Wildman–Crippen LogP) is 4.52. The standard InChI is InChI=1S/C21H20ClN3O3/c22-16-8-5-7-15(13-16)21(10-2-1-3-11-21)19(26)23-17-9-4-6-14(12-17)18-24-20(27)28-25-18/h4-9,12-13H,1-3,10-11H2,(H,23,26)(H,24,25,27). The van der Waals surface area contributed by atoms with Crippen LogP contribution in [0.2, 0.25) is 5.02 Å². The van der Waals surface area contributed by atoms with E-state index in [-0.39, 0.29) is 5.91 Å². The number of halogens is 1. The Labute approximate surface area is 166 Å². The third-order valence-corrected chi connectivity index (χ3v) is 5.59. The summed E-state index contributed by atoms with van der Waals surface area (Å²) in [4.78, 5) is 27.1. The lowest BCUT2D eigenvalue weighted by molar-refractivity contribution is -0.122. The number of carbonyl (C=O) groups excluding carboxylic acids is 1. The van der Waals surface area contributed by atoms with E-state index in [1.165, 1.54) is 0 Å². The molecule has 0 radical (unpaired) electrons. The van der Waals surface area contributed by atoms with E-state index in [9.17, 15) is 9.59 Å². The van der Waals surface area contributed by atoms with Crippen molar-refractivity contribution in [1.29, 1.82) is 0 Å². The van der Waals surface area contributed by atoms with E-state index in [2.05, 4.69) is 20.0 Å². The van der Waals surface area contributed by atoms with Crippen LogP contribution in [0.1, 0.15) is 37.7 Å². The fourth-order valence-electron chi connectivity index (χ4n) is 3.94. The fraction of sp³-hybridized carbons (Fsp3) is 0.286. The van der Waals surface area contributed by atoms with Gasteiger partial charge in [0.25, 0.3) is 0 Å². The van der Waals surface area contributed by atoms with Crippen LogP contribution in [-0.4, -0.2) is 16.0 Å². The molecule has 0 aliphatic heterocycles. The van der Waals surface area contributed by atoms with E-state index in [1.807, 2.05) is 30.3 Å². The Morgan fingerprint density at radius 1 is 1.11 bits per heavy atom. The van der Waals surface area contributed by atoms with E-state index < -0.39 is 11.2 Å². The van der Waals surface area contributed by atoms with Crippen LogP contribution < -0.4 is 11.1 Å². The number of amides is 1. The maximum Gasteiger partial charge on any atom is 0.439 e. The molecule has 7 heteroatoms. The number of hydrogen-bond donors (Lipinski definition) is 2. The van der Waals surface area contributed by atoms with Crippen molar-refractivity contribution in [1.82, 2.24) is 10.1 Å². The molecule has 28 heavy (non-hydrogen) atoms. The Kier molecular flexibility index (Phi) is 5.05. The summed E-state index contributed by atoms with van der Waals surface area (Å²) in [7, 11) is 0. The zero-order valence-corrected chi connectivity index (χ0v) is 16.0. The highest BCUT2D eigenvalue weighted by Crippen LogP contribution is 2.41. The first-order chi connectivity index (χ1) is 13.6. The van der Waals surface area contributed by atoms with Crippen molar-refractivity contribution in [3.05, 3.63) is 69.7 Å². The first kappa shape index (κ1) is 18.5. The van der Waals surface area contributed by atoms with Gasteiger partial charge < -0.3 is 5.32 Å². The van der Waals surface area contributed by atoms with Crippen LogP contribution in [0.15, 0.2) is 57.8 Å². The zero-order chi connectivity index (χ0) is 19.6. The van der Waals surface area contributed by atoms with Crippen molar-refractivity contribution in [2.24, 2.45) is 0 Å². The van der Waals surface area contributed by atoms with Gasteiger partial charge in [0.15, 0.2) is 5.82 Å². The molecule has 6 nitrogen and oxygen atoms in total. The molecule has 0 bridgehead atoms. The Morgan fingerprint density at radius 3 is 2.61 bits per heavy atom. The van der Waals surface area contributed by atoms with Gasteiger partial charge in [0, 0.05) is 16.3 Å². The average Bonchev–Trinajstić information content (AvgIpc) is 3.15. The van der Waals surface area contributed by atoms with E-state index in [0.717, 1.165) is 37.7 Å². The smallest absolute Gasteiger partial charge is 0.325 e. The Hall–Kier alpha value is -2.86. The quantitative estimate of drug-likeness (QED) is 0.677. The van der Waals surface area contributed by atoms with Gasteiger partial charge in [-0.3, -0.25) is 14.3 Å². The number of benzene rings is 2. The molecule has 4 rings (SSSR count). The zero-order valence-electron chi connectivity index (χ0n) is 15.2. The van der Waals surface area contributed by atoms with Crippen LogP contribution >= 0.6 is 11.6 Å². The molecule has 0 saturated heterocycles. The minimum absolute atomic E-state index is 0.0414. The second-order valence-electron chi connectivity index (χ2n) is 7.13. The third-order valence-electron chi connectivity index (χ3n) is 5.35. The van der Waals surface area contributed by atoms with E-state index in [1.54, 1.807) is 18.2 Å². The van der Waals surface area contributed by atoms with Gasteiger partial charge in [-0.2, -0.15) is 0 Å². The second-order valence-corrected chi connectivity index (χ2v) is 7.57. The van der Waals surface area contributed by atoms with Crippen LogP contribution in [0.5, 0.6) is 0 Å². The molecule has 144 valence electrons. The molecule has 3 aromatic rings. The minimum atomic E-state index is -0.619. The molecule has 2 N–H and O–H groups in total. The number of carbonyl (C=O) groups is 1. The van der Waals surface area contributed by atoms with Gasteiger partial charge in [0.1, 0.15) is 0 Å². The van der Waals surface area contributed by atoms with Gasteiger partial charge in [0.2, 0.25) is 5.91 Å². The first-order valence-electron chi connectivity index (χ1n) is 9.31. The van der Waals surface area contributed by atoms with Crippen molar-refractivity contribution in [3.63, 3.8) is 0 Å². The summed E-state index contributed by atoms with van der Waals surface area (Å²) in [5, 5.41) is 7.38. The van der Waals surface area contributed by atoms with Crippen molar-refractivity contribution >= 4 is 23.2 Å². The van der Waals surface area contributed by atoms with Gasteiger partial charge >= 0.3 is 5.76 Å². The number of anilines is 1. The molecule has 0 unspecified atom stereocenters. The molecular formula is C21H20ClN3O3. The summed E-state index contributed by atoms with van der Waals surface area (Å²) in [6, 6.07) is 14.7. The van der Waals surface area contributed by atoms with Crippen LogP contribution in [-0.2, 0) is 10.2 Å². The number of H-pyrrole nitrogens is 1. The predicted molar refractivity (Wildman–Crippen MR) is 107 cm³/mol. The molecule has 0 atom stereocenters. The number of nitrogens with zero attached hydrogens (tertiary/aromatic N) is 1. The summed E-state index contributed by atoms with van der Waals surface area (Å²) in [6.07, 6.45) is 4.70. The van der Waals surface area contributed by atoms with Crippen molar-refractivity contribution < 1.29 is 9.32 Å². The highest BCUT2D eigenvalue weighted by atomic mass is 35.5. The lowest BCUT2D eigenvalue weighted by Gasteiger charge is -2.36. The molecule has 2 aromatic carbocycles. The number of nitrogens with one attached hydrogen (secondary N) is 2. The molecule has 1 heterocycles. The lowest BCUT2D eigenvalue weighted by atomic mass is 9.68. The van der Waals surface area contributed by atoms with Crippen LogP contribution in [0, 0.1) is 0 Å². The molecule has 1 aliphatic rings. The SMILES string of the molecule is O=C(Nc1cccc(-c2noc(=O)[nH]2)c1)C1(c2cccc(Cl)c2)CCCCC1. The molecular weight excluding hydrogens is 378 g/mol. The Bertz CT molecular complexity index is 1050. The second kappa shape index (κ2) is 7.64. The summed E-state index contributed by atoms with van der Waals surface area (Å²) in [6.45, 7) is 0.